The van der Waals surface area contributed by atoms with Gasteiger partial charge in [-0.05, 0) is 26.2 Å². The van der Waals surface area contributed by atoms with Crippen LogP contribution in [0.4, 0.5) is 0 Å². The fourth-order valence-corrected chi connectivity index (χ4v) is 1.11. The van der Waals surface area contributed by atoms with Crippen LogP contribution in [0.1, 0.15) is 20.8 Å². The summed E-state index contributed by atoms with van der Waals surface area (Å²) in [6.07, 6.45) is 0. The predicted molar refractivity (Wildman–Crippen MR) is 63.2 cm³/mol. The molecular formula is C9H15ClN2S. The summed E-state index contributed by atoms with van der Waals surface area (Å²) in [7, 11) is 0. The normalized spacial score (nSPS) is 12.5. The summed E-state index contributed by atoms with van der Waals surface area (Å²) in [4.78, 5) is 0. The molecule has 4 heteroatoms. The fraction of sp³-hybridized carbons (Fsp3) is 0.444. The molecule has 0 rings (SSSR count). The van der Waals surface area contributed by atoms with Crippen molar-refractivity contribution in [3.63, 3.8) is 0 Å². The number of nitrogens with zero attached hydrogens (tertiary/aromatic N) is 2. The first-order chi connectivity index (χ1) is 5.84. The minimum atomic E-state index is -0.185. The maximum Gasteiger partial charge on any atom is 0.0719 e. The molecular weight excluding hydrogens is 204 g/mol. The molecule has 0 aliphatic carbocycles. The first kappa shape index (κ1) is 12.6. The molecule has 0 N–H and O–H groups in total. The van der Waals surface area contributed by atoms with E-state index >= 15 is 0 Å². The Kier molecular flexibility index (Phi) is 4.57. The molecule has 0 unspecified atom stereocenters. The summed E-state index contributed by atoms with van der Waals surface area (Å²) in [5, 5.41) is 7.45. The van der Waals surface area contributed by atoms with Gasteiger partial charge in [0.1, 0.15) is 0 Å². The van der Waals surface area contributed by atoms with E-state index in [4.69, 9.17) is 11.6 Å². The van der Waals surface area contributed by atoms with Gasteiger partial charge in [-0.1, -0.05) is 18.2 Å². The standard InChI is InChI=1S/C9H15ClN2S/c1-7(8(10)6-13)12(11-5)9(2,3)4/h6,13H,1,5H2,2-4H3/b8-6-. The highest BCUT2D eigenvalue weighted by Crippen LogP contribution is 2.25. The molecule has 13 heavy (non-hydrogen) atoms. The molecule has 0 atom stereocenters. The van der Waals surface area contributed by atoms with Gasteiger partial charge in [-0.15, -0.1) is 12.6 Å². The van der Waals surface area contributed by atoms with Crippen molar-refractivity contribution in [3.05, 3.63) is 22.7 Å². The Hall–Kier alpha value is -0.410. The molecule has 0 aliphatic rings. The molecule has 0 saturated heterocycles. The maximum absolute atomic E-state index is 5.85. The lowest BCUT2D eigenvalue weighted by molar-refractivity contribution is 0.201. The van der Waals surface area contributed by atoms with Crippen LogP contribution < -0.4 is 0 Å². The van der Waals surface area contributed by atoms with E-state index in [0.717, 1.165) is 0 Å². The van der Waals surface area contributed by atoms with E-state index in [2.05, 4.69) is 31.0 Å². The van der Waals surface area contributed by atoms with Gasteiger partial charge in [0.2, 0.25) is 0 Å². The zero-order valence-corrected chi connectivity index (χ0v) is 9.86. The summed E-state index contributed by atoms with van der Waals surface area (Å²) >= 11 is 9.79. The number of thiol groups is 1. The fourth-order valence-electron chi connectivity index (χ4n) is 0.878. The lowest BCUT2D eigenvalue weighted by atomic mass is 10.1. The summed E-state index contributed by atoms with van der Waals surface area (Å²) in [6, 6.07) is 0. The summed E-state index contributed by atoms with van der Waals surface area (Å²) in [5.74, 6) is 0. The van der Waals surface area contributed by atoms with Crippen LogP contribution in [0.5, 0.6) is 0 Å². The van der Waals surface area contributed by atoms with Crippen molar-refractivity contribution in [3.8, 4) is 0 Å². The third kappa shape index (κ3) is 3.44. The lowest BCUT2D eigenvalue weighted by Crippen LogP contribution is -2.36. The number of hydrogen-bond donors (Lipinski definition) is 1. The largest absolute Gasteiger partial charge is 0.260 e. The van der Waals surface area contributed by atoms with Gasteiger partial charge in [-0.25, -0.2) is 0 Å². The van der Waals surface area contributed by atoms with Gasteiger partial charge >= 0.3 is 0 Å². The van der Waals surface area contributed by atoms with Gasteiger partial charge in [0.25, 0.3) is 0 Å². The first-order valence-corrected chi connectivity index (χ1v) is 4.70. The Morgan fingerprint density at radius 3 is 2.23 bits per heavy atom. The Morgan fingerprint density at radius 1 is 1.54 bits per heavy atom. The topological polar surface area (TPSA) is 15.6 Å². The quantitative estimate of drug-likeness (QED) is 0.333. The van der Waals surface area contributed by atoms with Crippen LogP contribution >= 0.6 is 24.2 Å². The molecule has 0 spiro atoms. The highest BCUT2D eigenvalue weighted by atomic mass is 35.5. The number of hydrazone groups is 1. The van der Waals surface area contributed by atoms with Gasteiger partial charge in [0.05, 0.1) is 16.3 Å². The van der Waals surface area contributed by atoms with E-state index in [1.807, 2.05) is 20.8 Å². The van der Waals surface area contributed by atoms with Crippen molar-refractivity contribution in [2.75, 3.05) is 0 Å². The molecule has 0 amide bonds. The minimum absolute atomic E-state index is 0.185. The van der Waals surface area contributed by atoms with E-state index in [-0.39, 0.29) is 5.54 Å². The van der Waals surface area contributed by atoms with Crippen molar-refractivity contribution in [2.45, 2.75) is 26.3 Å². The molecule has 0 fully saturated rings. The van der Waals surface area contributed by atoms with Gasteiger partial charge < -0.3 is 0 Å². The number of halogens is 1. The molecule has 0 aromatic carbocycles. The van der Waals surface area contributed by atoms with E-state index in [1.54, 1.807) is 5.01 Å². The van der Waals surface area contributed by atoms with Crippen molar-refractivity contribution < 1.29 is 0 Å². The lowest BCUT2D eigenvalue weighted by Gasteiger charge is -2.33. The van der Waals surface area contributed by atoms with E-state index in [0.29, 0.717) is 10.7 Å². The molecule has 0 radical (unpaired) electrons. The molecule has 0 saturated carbocycles. The predicted octanol–water partition coefficient (Wildman–Crippen LogP) is 3.23. The zero-order chi connectivity index (χ0) is 10.6. The van der Waals surface area contributed by atoms with Crippen LogP contribution in [0.3, 0.4) is 0 Å². The SMILES string of the molecule is C=NN(C(=C)/C(Cl)=C/S)C(C)(C)C. The second-order valence-electron chi connectivity index (χ2n) is 3.55. The second-order valence-corrected chi connectivity index (χ2v) is 4.21. The monoisotopic (exact) mass is 218 g/mol. The molecule has 0 bridgehead atoms. The number of hydrogen-bond acceptors (Lipinski definition) is 3. The summed E-state index contributed by atoms with van der Waals surface area (Å²) in [5.41, 5.74) is 0.412. The number of rotatable bonds is 3. The maximum atomic E-state index is 5.85. The second kappa shape index (κ2) is 4.72. The third-order valence-corrected chi connectivity index (χ3v) is 2.16. The van der Waals surface area contributed by atoms with Crippen molar-refractivity contribution in [1.29, 1.82) is 0 Å². The number of allylic oxidation sites excluding steroid dienone is 1. The average molecular weight is 219 g/mol. The zero-order valence-electron chi connectivity index (χ0n) is 8.21. The Morgan fingerprint density at radius 2 is 2.00 bits per heavy atom. The molecule has 2 nitrogen and oxygen atoms in total. The molecule has 0 heterocycles. The average Bonchev–Trinajstić information content (AvgIpc) is 2.01. The minimum Gasteiger partial charge on any atom is -0.260 e. The van der Waals surface area contributed by atoms with Crippen LogP contribution in [0.15, 0.2) is 27.8 Å². The van der Waals surface area contributed by atoms with Gasteiger partial charge in [0, 0.05) is 6.72 Å². The smallest absolute Gasteiger partial charge is 0.0719 e. The summed E-state index contributed by atoms with van der Waals surface area (Å²) < 4.78 is 0. The van der Waals surface area contributed by atoms with Crippen LogP contribution in [-0.2, 0) is 0 Å². The van der Waals surface area contributed by atoms with E-state index in [1.165, 1.54) is 5.41 Å². The third-order valence-electron chi connectivity index (χ3n) is 1.42. The van der Waals surface area contributed by atoms with Gasteiger partial charge in [-0.3, -0.25) is 5.01 Å². The van der Waals surface area contributed by atoms with E-state index in [9.17, 15) is 0 Å². The Bertz CT molecular complexity index is 240. The van der Waals surface area contributed by atoms with E-state index < -0.39 is 0 Å². The van der Waals surface area contributed by atoms with Crippen LogP contribution in [0, 0.1) is 0 Å². The van der Waals surface area contributed by atoms with Crippen LogP contribution in [0.25, 0.3) is 0 Å². The summed E-state index contributed by atoms with van der Waals surface area (Å²) in [6.45, 7) is 13.3. The Labute approximate surface area is 90.4 Å². The van der Waals surface area contributed by atoms with Crippen LogP contribution in [-0.4, -0.2) is 17.3 Å². The highest BCUT2D eigenvalue weighted by molar-refractivity contribution is 7.83. The van der Waals surface area contributed by atoms with Crippen molar-refractivity contribution in [1.82, 2.24) is 5.01 Å². The highest BCUT2D eigenvalue weighted by Gasteiger charge is 2.22. The van der Waals surface area contributed by atoms with Crippen molar-refractivity contribution >= 4 is 30.9 Å². The van der Waals surface area contributed by atoms with Crippen molar-refractivity contribution in [2.24, 2.45) is 5.10 Å². The Balaban J connectivity index is 4.82. The van der Waals surface area contributed by atoms with Crippen LogP contribution in [0.2, 0.25) is 0 Å². The molecule has 74 valence electrons. The van der Waals surface area contributed by atoms with Gasteiger partial charge in [0.15, 0.2) is 0 Å². The first-order valence-electron chi connectivity index (χ1n) is 3.80. The molecule has 0 aromatic rings. The van der Waals surface area contributed by atoms with Gasteiger partial charge in [-0.2, -0.15) is 5.10 Å². The molecule has 0 aliphatic heterocycles. The molecule has 0 aromatic heterocycles.